The average molecular weight is 328 g/mol. The second-order valence-electron chi connectivity index (χ2n) is 3.62. The molecule has 107 valence electrons. The Morgan fingerprint density at radius 2 is 1.37 bits per heavy atom. The molecule has 0 unspecified atom stereocenters. The van der Waals surface area contributed by atoms with Crippen molar-refractivity contribution in [2.45, 2.75) is 24.9 Å². The summed E-state index contributed by atoms with van der Waals surface area (Å²) in [6.45, 7) is 1.06. The van der Waals surface area contributed by atoms with Gasteiger partial charge in [0.1, 0.15) is 0 Å². The zero-order valence-corrected chi connectivity index (χ0v) is 10.5. The largest absolute Gasteiger partial charge is 0.436 e. The molecule has 1 radical (unpaired) electrons. The highest BCUT2D eigenvalue weighted by molar-refractivity contribution is 6.34. The second-order valence-corrected chi connectivity index (χ2v) is 4.41. The minimum atomic E-state index is -6.23. The lowest BCUT2D eigenvalue weighted by Gasteiger charge is -2.31. The molecular weight excluding hydrogens is 324 g/mol. The van der Waals surface area contributed by atoms with E-state index in [1.807, 2.05) is 0 Å². The first-order valence-electron chi connectivity index (χ1n) is 4.53. The molecule has 1 aromatic carbocycles. The molecule has 1 rings (SSSR count). The summed E-state index contributed by atoms with van der Waals surface area (Å²) in [6, 6.07) is 2.35. The van der Waals surface area contributed by atoms with Gasteiger partial charge in [-0.2, -0.15) is 26.3 Å². The molecule has 19 heavy (non-hydrogen) atoms. The number of hydrogen-bond acceptors (Lipinski definition) is 0. The van der Waals surface area contributed by atoms with Crippen molar-refractivity contribution >= 4 is 23.2 Å². The van der Waals surface area contributed by atoms with Crippen LogP contribution in [0.5, 0.6) is 0 Å². The van der Waals surface area contributed by atoms with Crippen LogP contribution in [0.2, 0.25) is 10.0 Å². The van der Waals surface area contributed by atoms with Gasteiger partial charge in [0.15, 0.2) is 0 Å². The van der Waals surface area contributed by atoms with Gasteiger partial charge in [-0.1, -0.05) is 23.2 Å². The zero-order chi connectivity index (χ0) is 15.2. The highest BCUT2D eigenvalue weighted by Crippen LogP contribution is 2.55. The molecule has 9 heteroatoms. The second kappa shape index (κ2) is 4.70. The lowest BCUT2D eigenvalue weighted by atomic mass is 9.92. The van der Waals surface area contributed by atoms with E-state index in [1.54, 1.807) is 0 Å². The van der Waals surface area contributed by atoms with Crippen molar-refractivity contribution in [3.05, 3.63) is 33.3 Å². The number of aryl methyl sites for hydroxylation is 1. The molecule has 0 atom stereocenters. The van der Waals surface area contributed by atoms with Gasteiger partial charge < -0.3 is 0 Å². The van der Waals surface area contributed by atoms with Gasteiger partial charge in [0.05, 0.1) is 5.02 Å². The Morgan fingerprint density at radius 3 is 1.74 bits per heavy atom. The first-order chi connectivity index (χ1) is 8.32. The van der Waals surface area contributed by atoms with E-state index in [9.17, 15) is 30.7 Å². The molecule has 0 N–H and O–H groups in total. The molecule has 0 amide bonds. The van der Waals surface area contributed by atoms with Crippen molar-refractivity contribution in [3.8, 4) is 0 Å². The fourth-order valence-electron chi connectivity index (χ4n) is 1.38. The van der Waals surface area contributed by atoms with Crippen molar-refractivity contribution in [1.29, 1.82) is 0 Å². The quantitative estimate of drug-likeness (QED) is 0.606. The average Bonchev–Trinajstić information content (AvgIpc) is 2.18. The van der Waals surface area contributed by atoms with Gasteiger partial charge in [0, 0.05) is 16.7 Å². The maximum Gasteiger partial charge on any atom is 0.436 e. The van der Waals surface area contributed by atoms with E-state index in [1.165, 1.54) is 0 Å². The zero-order valence-electron chi connectivity index (χ0n) is 8.98. The number of hydrogen-bond donors (Lipinski definition) is 0. The molecule has 0 saturated carbocycles. The molecule has 0 aromatic heterocycles. The van der Waals surface area contributed by atoms with E-state index in [4.69, 9.17) is 23.2 Å². The number of benzene rings is 1. The Hall–Kier alpha value is -0.690. The van der Waals surface area contributed by atoms with Crippen molar-refractivity contribution in [2.24, 2.45) is 0 Å². The van der Waals surface area contributed by atoms with Crippen molar-refractivity contribution in [3.63, 3.8) is 0 Å². The van der Waals surface area contributed by atoms with Gasteiger partial charge in [-0.05, 0) is 18.6 Å². The van der Waals surface area contributed by atoms with E-state index in [0.717, 1.165) is 6.92 Å². The lowest BCUT2D eigenvalue weighted by molar-refractivity contribution is -0.348. The fraction of sp³-hybridized carbons (Fsp3) is 0.400. The Balaban J connectivity index is 3.71. The topological polar surface area (TPSA) is 0 Å². The van der Waals surface area contributed by atoms with Crippen molar-refractivity contribution < 1.29 is 30.7 Å². The molecule has 0 aliphatic heterocycles. The molecule has 0 aliphatic carbocycles. The molecule has 0 fully saturated rings. The summed E-state index contributed by atoms with van der Waals surface area (Å²) in [5, 5.41) is -1.63. The van der Waals surface area contributed by atoms with Gasteiger partial charge >= 0.3 is 18.0 Å². The van der Waals surface area contributed by atoms with Gasteiger partial charge in [-0.15, -0.1) is 0 Å². The van der Waals surface area contributed by atoms with Crippen LogP contribution in [0.25, 0.3) is 0 Å². The Bertz CT molecular complexity index is 476. The van der Waals surface area contributed by atoms with Crippen LogP contribution in [-0.2, 0) is 5.67 Å². The van der Waals surface area contributed by atoms with Gasteiger partial charge in [0.2, 0.25) is 0 Å². The Kier molecular flexibility index (Phi) is 4.05. The van der Waals surface area contributed by atoms with Crippen LogP contribution < -0.4 is 0 Å². The predicted octanol–water partition coefficient (Wildman–Crippen LogP) is 5.39. The van der Waals surface area contributed by atoms with Crippen LogP contribution in [0.3, 0.4) is 0 Å². The molecule has 0 bridgehead atoms. The summed E-state index contributed by atoms with van der Waals surface area (Å²) in [5.74, 6) is 0. The highest BCUT2D eigenvalue weighted by atomic mass is 35.5. The van der Waals surface area contributed by atoms with Crippen LogP contribution >= 0.6 is 23.2 Å². The van der Waals surface area contributed by atoms with E-state index in [2.05, 4.69) is 6.07 Å². The minimum Gasteiger partial charge on any atom is -0.218 e. The molecule has 0 saturated heterocycles. The van der Waals surface area contributed by atoms with E-state index in [0.29, 0.717) is 0 Å². The smallest absolute Gasteiger partial charge is 0.218 e. The van der Waals surface area contributed by atoms with Crippen molar-refractivity contribution in [2.75, 3.05) is 0 Å². The third-order valence-corrected chi connectivity index (χ3v) is 2.99. The number of rotatable bonds is 1. The van der Waals surface area contributed by atoms with Gasteiger partial charge in [-0.25, -0.2) is 4.39 Å². The molecule has 0 aliphatic rings. The molecule has 0 spiro atoms. The summed E-state index contributed by atoms with van der Waals surface area (Å²) in [4.78, 5) is 0. The number of halogens is 9. The normalized spacial score (nSPS) is 13.8. The van der Waals surface area contributed by atoms with Crippen LogP contribution in [0.15, 0.2) is 6.07 Å². The van der Waals surface area contributed by atoms with Crippen LogP contribution in [0, 0.1) is 13.0 Å². The third kappa shape index (κ3) is 2.63. The first-order valence-corrected chi connectivity index (χ1v) is 5.28. The summed E-state index contributed by atoms with van der Waals surface area (Å²) >= 11 is 10.6. The predicted molar refractivity (Wildman–Crippen MR) is 54.9 cm³/mol. The van der Waals surface area contributed by atoms with Crippen molar-refractivity contribution in [1.82, 2.24) is 0 Å². The summed E-state index contributed by atoms with van der Waals surface area (Å²) in [5.41, 5.74) is -7.71. The molecule has 0 nitrogen and oxygen atoms in total. The summed E-state index contributed by atoms with van der Waals surface area (Å²) in [7, 11) is 0. The summed E-state index contributed by atoms with van der Waals surface area (Å²) < 4.78 is 88.9. The van der Waals surface area contributed by atoms with Gasteiger partial charge in [-0.3, -0.25) is 0 Å². The number of alkyl halides is 7. The Labute approximate surface area is 113 Å². The van der Waals surface area contributed by atoms with Crippen LogP contribution in [-0.4, -0.2) is 12.4 Å². The fourth-order valence-corrected chi connectivity index (χ4v) is 1.86. The third-order valence-electron chi connectivity index (χ3n) is 2.30. The van der Waals surface area contributed by atoms with E-state index < -0.39 is 33.6 Å². The molecular formula is C10H4Cl2F7. The van der Waals surface area contributed by atoms with E-state index in [-0.39, 0.29) is 11.6 Å². The maximum atomic E-state index is 13.8. The summed E-state index contributed by atoms with van der Waals surface area (Å²) in [6.07, 6.45) is -12.5. The SMILES string of the molecule is Cc1[c]c(Cl)cc(C(F)(C(F)(F)F)C(F)(F)F)c1Cl. The minimum absolute atomic E-state index is 0.165. The first kappa shape index (κ1) is 16.4. The molecule has 0 heterocycles. The highest BCUT2D eigenvalue weighted by Gasteiger charge is 2.74. The van der Waals surface area contributed by atoms with Gasteiger partial charge in [0.25, 0.3) is 0 Å². The maximum absolute atomic E-state index is 13.8. The van der Waals surface area contributed by atoms with Crippen LogP contribution in [0.1, 0.15) is 11.1 Å². The van der Waals surface area contributed by atoms with E-state index >= 15 is 0 Å². The van der Waals surface area contributed by atoms with Crippen LogP contribution in [0.4, 0.5) is 30.7 Å². The Morgan fingerprint density at radius 1 is 0.947 bits per heavy atom. The molecule has 1 aromatic rings. The standard InChI is InChI=1S/C10H4Cl2F7/c1-4-2-5(11)3-6(7(4)12)8(13,9(14,15)16)10(17,18)19/h3H,1H3. The lowest BCUT2D eigenvalue weighted by Crippen LogP contribution is -2.50. The monoisotopic (exact) mass is 327 g/mol.